The van der Waals surface area contributed by atoms with Gasteiger partial charge in [-0.2, -0.15) is 0 Å². The summed E-state index contributed by atoms with van der Waals surface area (Å²) in [5.41, 5.74) is 3.77. The van der Waals surface area contributed by atoms with Gasteiger partial charge in [0.1, 0.15) is 0 Å². The molecule has 2 heterocycles. The van der Waals surface area contributed by atoms with Gasteiger partial charge in [0, 0.05) is 25.5 Å². The minimum atomic E-state index is 0.631. The first-order valence-electron chi connectivity index (χ1n) is 6.35. The normalized spacial score (nSPS) is 17.6. The van der Waals surface area contributed by atoms with Gasteiger partial charge >= 0.3 is 0 Å². The van der Waals surface area contributed by atoms with Crippen LogP contribution in [-0.4, -0.2) is 37.2 Å². The molecule has 3 heteroatoms. The first-order chi connectivity index (χ1) is 8.16. The van der Waals surface area contributed by atoms with Crippen molar-refractivity contribution in [2.75, 3.05) is 27.3 Å². The van der Waals surface area contributed by atoms with Crippen LogP contribution in [0, 0.1) is 6.92 Å². The number of pyridine rings is 1. The predicted octanol–water partition coefficient (Wildman–Crippen LogP) is 2.35. The second-order valence-electron chi connectivity index (χ2n) is 5.11. The minimum Gasteiger partial charge on any atom is -0.381 e. The van der Waals surface area contributed by atoms with Crippen molar-refractivity contribution < 1.29 is 4.74 Å². The van der Waals surface area contributed by atoms with Crippen LogP contribution < -0.4 is 0 Å². The zero-order valence-electron chi connectivity index (χ0n) is 11.1. The minimum absolute atomic E-state index is 0.631. The monoisotopic (exact) mass is 234 g/mol. The summed E-state index contributed by atoms with van der Waals surface area (Å²) in [5.74, 6) is 0.631. The van der Waals surface area contributed by atoms with E-state index in [0.29, 0.717) is 5.92 Å². The van der Waals surface area contributed by atoms with Crippen molar-refractivity contribution in [3.8, 4) is 0 Å². The molecule has 1 saturated heterocycles. The van der Waals surface area contributed by atoms with Crippen LogP contribution in [0.5, 0.6) is 0 Å². The van der Waals surface area contributed by atoms with Crippen molar-refractivity contribution in [3.05, 3.63) is 29.1 Å². The summed E-state index contributed by atoms with van der Waals surface area (Å²) in [4.78, 5) is 6.89. The smallest absolute Gasteiger partial charge is 0.0581 e. The van der Waals surface area contributed by atoms with Gasteiger partial charge in [-0.25, -0.2) is 0 Å². The zero-order chi connectivity index (χ0) is 12.3. The summed E-state index contributed by atoms with van der Waals surface area (Å²) >= 11 is 0. The Labute approximate surface area is 104 Å². The summed E-state index contributed by atoms with van der Waals surface area (Å²) in [6.45, 7) is 4.77. The summed E-state index contributed by atoms with van der Waals surface area (Å²) in [5, 5.41) is 0. The molecule has 0 N–H and O–H groups in total. The molecule has 3 nitrogen and oxygen atoms in total. The number of aryl methyl sites for hydroxylation is 1. The molecule has 0 bridgehead atoms. The summed E-state index contributed by atoms with van der Waals surface area (Å²) in [6, 6.07) is 4.39. The second kappa shape index (κ2) is 5.61. The van der Waals surface area contributed by atoms with E-state index in [2.05, 4.69) is 38.1 Å². The van der Waals surface area contributed by atoms with Crippen LogP contribution in [0.2, 0.25) is 0 Å². The van der Waals surface area contributed by atoms with Crippen molar-refractivity contribution in [3.63, 3.8) is 0 Å². The fraction of sp³-hybridized carbons (Fsp3) is 0.643. The van der Waals surface area contributed by atoms with Crippen molar-refractivity contribution in [2.45, 2.75) is 32.2 Å². The highest BCUT2D eigenvalue weighted by atomic mass is 16.5. The van der Waals surface area contributed by atoms with E-state index >= 15 is 0 Å². The molecule has 0 radical (unpaired) electrons. The SMILES string of the molecule is Cc1ccc(C2CCOCC2)c(CN(C)C)n1. The Kier molecular flexibility index (Phi) is 4.13. The molecule has 1 fully saturated rings. The lowest BCUT2D eigenvalue weighted by atomic mass is 9.90. The standard InChI is InChI=1S/C14H22N2O/c1-11-4-5-13(12-6-8-17-9-7-12)14(15-11)10-16(2)3/h4-5,12H,6-10H2,1-3H3. The van der Waals surface area contributed by atoms with Gasteiger partial charge in [0.25, 0.3) is 0 Å². The molecule has 0 aromatic carbocycles. The van der Waals surface area contributed by atoms with Crippen LogP contribution in [0.1, 0.15) is 35.7 Å². The molecule has 1 aromatic rings. The highest BCUT2D eigenvalue weighted by molar-refractivity contribution is 5.27. The Bertz CT molecular complexity index is 370. The summed E-state index contributed by atoms with van der Waals surface area (Å²) in [7, 11) is 4.19. The van der Waals surface area contributed by atoms with Gasteiger partial charge in [-0.15, -0.1) is 0 Å². The van der Waals surface area contributed by atoms with Gasteiger partial charge in [0.05, 0.1) is 5.69 Å². The van der Waals surface area contributed by atoms with E-state index in [1.54, 1.807) is 0 Å². The predicted molar refractivity (Wildman–Crippen MR) is 69.2 cm³/mol. The van der Waals surface area contributed by atoms with E-state index in [0.717, 1.165) is 38.3 Å². The highest BCUT2D eigenvalue weighted by Gasteiger charge is 2.19. The Morgan fingerprint density at radius 1 is 1.29 bits per heavy atom. The molecule has 0 atom stereocenters. The van der Waals surface area contributed by atoms with Crippen LogP contribution in [0.15, 0.2) is 12.1 Å². The molecule has 0 aliphatic carbocycles. The Morgan fingerprint density at radius 2 is 2.00 bits per heavy atom. The molecule has 1 aliphatic rings. The van der Waals surface area contributed by atoms with Gasteiger partial charge in [-0.3, -0.25) is 4.98 Å². The van der Waals surface area contributed by atoms with E-state index < -0.39 is 0 Å². The third-order valence-electron chi connectivity index (χ3n) is 3.28. The van der Waals surface area contributed by atoms with Gasteiger partial charge in [-0.1, -0.05) is 6.07 Å². The first-order valence-corrected chi connectivity index (χ1v) is 6.35. The second-order valence-corrected chi connectivity index (χ2v) is 5.11. The average Bonchev–Trinajstić information content (AvgIpc) is 2.29. The topological polar surface area (TPSA) is 25.4 Å². The molecule has 0 saturated carbocycles. The molecule has 0 amide bonds. The summed E-state index contributed by atoms with van der Waals surface area (Å²) < 4.78 is 5.44. The average molecular weight is 234 g/mol. The lowest BCUT2D eigenvalue weighted by Gasteiger charge is -2.25. The van der Waals surface area contributed by atoms with Crippen LogP contribution >= 0.6 is 0 Å². The maximum absolute atomic E-state index is 5.44. The van der Waals surface area contributed by atoms with Gasteiger partial charge in [0.2, 0.25) is 0 Å². The van der Waals surface area contributed by atoms with Crippen molar-refractivity contribution in [1.82, 2.24) is 9.88 Å². The molecule has 2 rings (SSSR count). The summed E-state index contributed by atoms with van der Waals surface area (Å²) in [6.07, 6.45) is 2.26. The maximum Gasteiger partial charge on any atom is 0.0581 e. The van der Waals surface area contributed by atoms with E-state index in [1.165, 1.54) is 11.3 Å². The van der Waals surface area contributed by atoms with Crippen LogP contribution in [-0.2, 0) is 11.3 Å². The Morgan fingerprint density at radius 3 is 2.65 bits per heavy atom. The quantitative estimate of drug-likeness (QED) is 0.802. The molecule has 17 heavy (non-hydrogen) atoms. The number of nitrogens with zero attached hydrogens (tertiary/aromatic N) is 2. The number of hydrogen-bond donors (Lipinski definition) is 0. The first kappa shape index (κ1) is 12.5. The maximum atomic E-state index is 5.44. The third-order valence-corrected chi connectivity index (χ3v) is 3.28. The Hall–Kier alpha value is -0.930. The van der Waals surface area contributed by atoms with Gasteiger partial charge in [-0.05, 0) is 51.4 Å². The van der Waals surface area contributed by atoms with Crippen molar-refractivity contribution in [2.24, 2.45) is 0 Å². The lowest BCUT2D eigenvalue weighted by Crippen LogP contribution is -2.19. The van der Waals surface area contributed by atoms with Crippen LogP contribution in [0.4, 0.5) is 0 Å². The van der Waals surface area contributed by atoms with Crippen molar-refractivity contribution in [1.29, 1.82) is 0 Å². The zero-order valence-corrected chi connectivity index (χ0v) is 11.1. The third kappa shape index (κ3) is 3.27. The van der Waals surface area contributed by atoms with Gasteiger partial charge < -0.3 is 9.64 Å². The molecule has 0 unspecified atom stereocenters. The molecule has 94 valence electrons. The van der Waals surface area contributed by atoms with Crippen LogP contribution in [0.25, 0.3) is 0 Å². The molecule has 1 aliphatic heterocycles. The number of ether oxygens (including phenoxy) is 1. The van der Waals surface area contributed by atoms with E-state index in [1.807, 2.05) is 0 Å². The van der Waals surface area contributed by atoms with E-state index in [4.69, 9.17) is 9.72 Å². The molecular formula is C14H22N2O. The number of aromatic nitrogens is 1. The molecule has 0 spiro atoms. The fourth-order valence-electron chi connectivity index (χ4n) is 2.43. The largest absolute Gasteiger partial charge is 0.381 e. The Balaban J connectivity index is 2.24. The number of rotatable bonds is 3. The fourth-order valence-corrected chi connectivity index (χ4v) is 2.43. The number of hydrogen-bond acceptors (Lipinski definition) is 3. The lowest BCUT2D eigenvalue weighted by molar-refractivity contribution is 0.0849. The van der Waals surface area contributed by atoms with E-state index in [-0.39, 0.29) is 0 Å². The highest BCUT2D eigenvalue weighted by Crippen LogP contribution is 2.29. The van der Waals surface area contributed by atoms with Crippen LogP contribution in [0.3, 0.4) is 0 Å². The van der Waals surface area contributed by atoms with E-state index in [9.17, 15) is 0 Å². The van der Waals surface area contributed by atoms with Gasteiger partial charge in [0.15, 0.2) is 0 Å². The molecule has 1 aromatic heterocycles. The van der Waals surface area contributed by atoms with Crippen molar-refractivity contribution >= 4 is 0 Å². The molecular weight excluding hydrogens is 212 g/mol.